The number of fused-ring (bicyclic) bond motifs is 1. The van der Waals surface area contributed by atoms with Crippen molar-refractivity contribution in [2.75, 3.05) is 0 Å². The van der Waals surface area contributed by atoms with Gasteiger partial charge in [0.05, 0.1) is 17.8 Å². The maximum atomic E-state index is 10.9. The largest absolute Gasteiger partial charge is 0.393 e. The molecule has 5 atom stereocenters. The molecule has 44 heavy (non-hydrogen) atoms. The van der Waals surface area contributed by atoms with Crippen molar-refractivity contribution in [2.24, 2.45) is 10.8 Å². The number of hydrogen-bond acceptors (Lipinski definition) is 4. The molecule has 0 spiro atoms. The number of aliphatic hydroxyl groups excluding tert-OH is 2. The second kappa shape index (κ2) is 13.7. The third kappa shape index (κ3) is 8.71. The first-order valence-corrected chi connectivity index (χ1v) is 16.0. The van der Waals surface area contributed by atoms with Crippen LogP contribution in [0.25, 0.3) is 0 Å². The minimum atomic E-state index is -1.05. The molecule has 2 saturated carbocycles. The van der Waals surface area contributed by atoms with E-state index in [1.165, 1.54) is 0 Å². The number of allylic oxidation sites excluding steroid dienone is 15. The molecule has 3 N–H and O–H groups in total. The molecule has 1 heterocycles. The predicted molar refractivity (Wildman–Crippen MR) is 184 cm³/mol. The number of epoxide rings is 1. The Morgan fingerprint density at radius 3 is 1.73 bits per heavy atom. The van der Waals surface area contributed by atoms with Crippen LogP contribution < -0.4 is 0 Å². The van der Waals surface area contributed by atoms with Gasteiger partial charge in [-0.1, -0.05) is 111 Å². The molecule has 2 aliphatic carbocycles. The fourth-order valence-corrected chi connectivity index (χ4v) is 7.25. The summed E-state index contributed by atoms with van der Waals surface area (Å²) < 4.78 is 6.24. The Hall–Kier alpha value is -2.72. The predicted octanol–water partition coefficient (Wildman–Crippen LogP) is 8.72. The fraction of sp³-hybridized carbons (Fsp3) is 0.525. The molecule has 0 aromatic heterocycles. The van der Waals surface area contributed by atoms with Crippen molar-refractivity contribution in [3.8, 4) is 0 Å². The first kappa shape index (κ1) is 35.8. The molecule has 0 radical (unpaired) electrons. The maximum Gasteiger partial charge on any atom is 0.121 e. The van der Waals surface area contributed by atoms with Crippen molar-refractivity contribution in [3.05, 3.63) is 113 Å². The Morgan fingerprint density at radius 1 is 0.682 bits per heavy atom. The minimum Gasteiger partial charge on any atom is -0.393 e. The van der Waals surface area contributed by atoms with Crippen LogP contribution in [0.2, 0.25) is 0 Å². The van der Waals surface area contributed by atoms with Gasteiger partial charge in [-0.25, -0.2) is 0 Å². The van der Waals surface area contributed by atoms with Crippen LogP contribution in [-0.4, -0.2) is 44.3 Å². The highest BCUT2D eigenvalue weighted by Crippen LogP contribution is 2.66. The highest BCUT2D eigenvalue weighted by atomic mass is 16.6. The number of hydrogen-bond donors (Lipinski definition) is 3. The van der Waals surface area contributed by atoms with Gasteiger partial charge in [0.15, 0.2) is 0 Å². The van der Waals surface area contributed by atoms with Crippen molar-refractivity contribution in [1.82, 2.24) is 0 Å². The van der Waals surface area contributed by atoms with Gasteiger partial charge in [0.2, 0.25) is 0 Å². The van der Waals surface area contributed by atoms with Crippen molar-refractivity contribution >= 4 is 0 Å². The third-order valence-corrected chi connectivity index (χ3v) is 9.39. The summed E-state index contributed by atoms with van der Waals surface area (Å²) >= 11 is 0. The molecular formula is C40H56O4. The van der Waals surface area contributed by atoms with Gasteiger partial charge in [-0.15, -0.1) is 5.73 Å². The van der Waals surface area contributed by atoms with Gasteiger partial charge in [-0.2, -0.15) is 0 Å². The second-order valence-electron chi connectivity index (χ2n) is 15.0. The highest BCUT2D eigenvalue weighted by Gasteiger charge is 2.74. The number of rotatable bonds is 9. The Balaban J connectivity index is 1.53. The summed E-state index contributed by atoms with van der Waals surface area (Å²) in [6.07, 6.45) is 28.5. The third-order valence-electron chi connectivity index (χ3n) is 9.39. The van der Waals surface area contributed by atoms with Crippen molar-refractivity contribution in [1.29, 1.82) is 0 Å². The summed E-state index contributed by atoms with van der Waals surface area (Å²) in [6.45, 7) is 20.6. The Morgan fingerprint density at radius 2 is 1.18 bits per heavy atom. The first-order valence-electron chi connectivity index (χ1n) is 16.0. The van der Waals surface area contributed by atoms with Crippen LogP contribution in [0.15, 0.2) is 113 Å². The smallest absolute Gasteiger partial charge is 0.121 e. The number of aliphatic hydroxyl groups is 3. The summed E-state index contributed by atoms with van der Waals surface area (Å²) in [5, 5.41) is 31.2. The lowest BCUT2D eigenvalue weighted by Gasteiger charge is -2.43. The summed E-state index contributed by atoms with van der Waals surface area (Å²) in [7, 11) is 0. The molecule has 0 amide bonds. The van der Waals surface area contributed by atoms with E-state index in [1.807, 2.05) is 37.3 Å². The lowest BCUT2D eigenvalue weighted by atomic mass is 9.63. The molecule has 0 aromatic rings. The molecule has 4 nitrogen and oxygen atoms in total. The van der Waals surface area contributed by atoms with E-state index in [4.69, 9.17) is 4.74 Å². The van der Waals surface area contributed by atoms with Gasteiger partial charge >= 0.3 is 0 Å². The van der Waals surface area contributed by atoms with Gasteiger partial charge in [0, 0.05) is 23.8 Å². The molecule has 5 unspecified atom stereocenters. The van der Waals surface area contributed by atoms with Crippen LogP contribution in [0, 0.1) is 10.8 Å². The zero-order valence-corrected chi connectivity index (χ0v) is 28.7. The average Bonchev–Trinajstić information content (AvgIpc) is 3.49. The molecule has 0 bridgehead atoms. The molecule has 3 fully saturated rings. The Bertz CT molecular complexity index is 1360. The quantitative estimate of drug-likeness (QED) is 0.141. The van der Waals surface area contributed by atoms with E-state index in [0.717, 1.165) is 34.3 Å². The number of ether oxygens (including phenoxy) is 1. The normalized spacial score (nSPS) is 34.7. The Labute approximate surface area is 267 Å². The van der Waals surface area contributed by atoms with Gasteiger partial charge in [-0.05, 0) is 77.5 Å². The van der Waals surface area contributed by atoms with E-state index >= 15 is 0 Å². The maximum absolute atomic E-state index is 10.9. The van der Waals surface area contributed by atoms with Crippen molar-refractivity contribution < 1.29 is 20.1 Å². The summed E-state index contributed by atoms with van der Waals surface area (Å²) in [5.74, 6) is 0. The van der Waals surface area contributed by atoms with Crippen molar-refractivity contribution in [3.63, 3.8) is 0 Å². The van der Waals surface area contributed by atoms with Crippen LogP contribution in [0.4, 0.5) is 0 Å². The topological polar surface area (TPSA) is 73.2 Å². The monoisotopic (exact) mass is 600 g/mol. The molecule has 1 aliphatic heterocycles. The molecule has 240 valence electrons. The molecule has 3 aliphatic rings. The lowest BCUT2D eigenvalue weighted by Crippen LogP contribution is -2.46. The zero-order chi connectivity index (χ0) is 33.0. The van der Waals surface area contributed by atoms with Crippen LogP contribution in [0.1, 0.15) is 94.9 Å². The van der Waals surface area contributed by atoms with E-state index in [0.29, 0.717) is 19.3 Å². The molecular weight excluding hydrogens is 544 g/mol. The van der Waals surface area contributed by atoms with E-state index in [-0.39, 0.29) is 28.1 Å². The van der Waals surface area contributed by atoms with E-state index in [9.17, 15) is 15.3 Å². The van der Waals surface area contributed by atoms with Gasteiger partial charge in [0.25, 0.3) is 0 Å². The summed E-state index contributed by atoms with van der Waals surface area (Å²) in [6, 6.07) is 0. The van der Waals surface area contributed by atoms with Gasteiger partial charge in [-0.3, -0.25) is 0 Å². The standard InChI is InChI=1S/C40H56O4/c1-29(17-13-19-31(3)21-22-35-36(5,6)25-33(41)27-38(35,9)43)15-11-12-16-30(2)18-14-20-32(4)23-24-40-37(7,8)26-34(42)28-39(40,10)44-40/h11-21,23-24,33-34,41-43H,25-28H2,1-10H3/b12-11+,17-13+,18-14-,24-23+,29-15+,30-16-,31-19+,32-20+. The SMILES string of the molecule is CC(/C=C\C=C(C)\C=C\C12OC1(C)CC(O)CC2(C)C)=C/C=C/C=C(C)/C=C/C=C(\C)C=C=C1C(C)(C)CC(O)CC1(C)O. The van der Waals surface area contributed by atoms with Crippen LogP contribution in [0.3, 0.4) is 0 Å². The summed E-state index contributed by atoms with van der Waals surface area (Å²) in [5.41, 5.74) is 6.63. The van der Waals surface area contributed by atoms with Crippen LogP contribution in [-0.2, 0) is 4.74 Å². The molecule has 3 rings (SSSR count). The minimum absolute atomic E-state index is 0.103. The molecule has 0 aromatic carbocycles. The fourth-order valence-electron chi connectivity index (χ4n) is 7.25. The van der Waals surface area contributed by atoms with Crippen LogP contribution >= 0.6 is 0 Å². The van der Waals surface area contributed by atoms with Crippen molar-refractivity contribution in [2.45, 2.75) is 124 Å². The first-order chi connectivity index (χ1) is 20.3. The van der Waals surface area contributed by atoms with E-state index < -0.39 is 11.7 Å². The molecule has 1 saturated heterocycles. The van der Waals surface area contributed by atoms with Gasteiger partial charge in [0.1, 0.15) is 11.2 Å². The highest BCUT2D eigenvalue weighted by molar-refractivity contribution is 5.37. The zero-order valence-electron chi connectivity index (χ0n) is 28.7. The van der Waals surface area contributed by atoms with E-state index in [2.05, 4.69) is 110 Å². The second-order valence-corrected chi connectivity index (χ2v) is 15.0. The lowest BCUT2D eigenvalue weighted by molar-refractivity contribution is -0.0268. The van der Waals surface area contributed by atoms with Crippen LogP contribution in [0.5, 0.6) is 0 Å². The summed E-state index contributed by atoms with van der Waals surface area (Å²) in [4.78, 5) is 0. The van der Waals surface area contributed by atoms with Gasteiger partial charge < -0.3 is 20.1 Å². The van der Waals surface area contributed by atoms with E-state index in [1.54, 1.807) is 6.92 Å². The Kier molecular flexibility index (Phi) is 11.2. The molecule has 4 heteroatoms. The average molecular weight is 601 g/mol.